The smallest absolute Gasteiger partial charge is 0.116 e. The number of rotatable bonds is 0. The van der Waals surface area contributed by atoms with E-state index >= 15 is 0 Å². The zero-order valence-corrected chi connectivity index (χ0v) is 5.20. The molecule has 0 bridgehead atoms. The second-order valence-corrected chi connectivity index (χ2v) is 2.43. The van der Waals surface area contributed by atoms with E-state index in [2.05, 4.69) is 16.0 Å². The maximum Gasteiger partial charge on any atom is 0.116 e. The number of aromatic nitrogens is 2. The minimum atomic E-state index is 1.05. The van der Waals surface area contributed by atoms with Crippen LogP contribution in [0.3, 0.4) is 0 Å². The van der Waals surface area contributed by atoms with E-state index in [1.165, 1.54) is 5.39 Å². The van der Waals surface area contributed by atoms with Gasteiger partial charge < -0.3 is 0 Å². The normalized spacial score (nSPS) is 12.0. The van der Waals surface area contributed by atoms with Crippen LogP contribution in [-0.4, -0.2) is 9.97 Å². The number of hydrogen-bond donors (Lipinski definition) is 0. The van der Waals surface area contributed by atoms with Crippen molar-refractivity contribution in [3.8, 4) is 0 Å². The molecule has 2 aromatic heterocycles. The fraction of sp³-hybridized carbons (Fsp3) is 0. The number of hydrogen-bond acceptors (Lipinski definition) is 2. The van der Waals surface area contributed by atoms with E-state index in [9.17, 15) is 0 Å². The third-order valence-electron chi connectivity index (χ3n) is 1.80. The van der Waals surface area contributed by atoms with Crippen molar-refractivity contribution in [1.29, 1.82) is 0 Å². The van der Waals surface area contributed by atoms with Gasteiger partial charge in [0.15, 0.2) is 0 Å². The van der Waals surface area contributed by atoms with Crippen LogP contribution in [0.5, 0.6) is 0 Å². The molecule has 2 heterocycles. The summed E-state index contributed by atoms with van der Waals surface area (Å²) < 4.78 is 0. The third kappa shape index (κ3) is 0.365. The lowest BCUT2D eigenvalue weighted by atomic mass is 10.3. The van der Waals surface area contributed by atoms with Crippen LogP contribution in [0.4, 0.5) is 0 Å². The van der Waals surface area contributed by atoms with Crippen molar-refractivity contribution < 1.29 is 0 Å². The maximum absolute atomic E-state index is 4.18. The minimum Gasteiger partial charge on any atom is -0.254 e. The van der Waals surface area contributed by atoms with E-state index in [0.717, 1.165) is 16.6 Å². The summed E-state index contributed by atoms with van der Waals surface area (Å²) in [5.74, 6) is 0. The van der Waals surface area contributed by atoms with Crippen LogP contribution in [0.25, 0.3) is 21.9 Å². The summed E-state index contributed by atoms with van der Waals surface area (Å²) in [5, 5.41) is 1.19. The molecule has 0 aliphatic rings. The number of fused-ring (bicyclic) bond motifs is 3. The predicted molar refractivity (Wildman–Crippen MR) is 39.4 cm³/mol. The van der Waals surface area contributed by atoms with Gasteiger partial charge in [-0.05, 0) is 12.1 Å². The highest BCUT2D eigenvalue weighted by atomic mass is 14.8. The molecule has 10 heavy (non-hydrogen) atoms. The minimum absolute atomic E-state index is 1.05. The van der Waals surface area contributed by atoms with Crippen molar-refractivity contribution in [2.24, 2.45) is 0 Å². The van der Waals surface area contributed by atoms with Crippen molar-refractivity contribution >= 4 is 21.9 Å². The lowest BCUT2D eigenvalue weighted by Crippen LogP contribution is -1.59. The van der Waals surface area contributed by atoms with Gasteiger partial charge in [-0.3, -0.25) is 4.98 Å². The summed E-state index contributed by atoms with van der Waals surface area (Å²) >= 11 is 0. The summed E-state index contributed by atoms with van der Waals surface area (Å²) in [7, 11) is 0. The topological polar surface area (TPSA) is 25.8 Å². The largest absolute Gasteiger partial charge is 0.254 e. The first-order valence-electron chi connectivity index (χ1n) is 3.21. The summed E-state index contributed by atoms with van der Waals surface area (Å²) in [4.78, 5) is 8.33. The molecule has 0 unspecified atom stereocenters. The van der Waals surface area contributed by atoms with Crippen molar-refractivity contribution in [2.45, 2.75) is 0 Å². The van der Waals surface area contributed by atoms with Crippen molar-refractivity contribution in [3.63, 3.8) is 0 Å². The van der Waals surface area contributed by atoms with Gasteiger partial charge in [0.2, 0.25) is 0 Å². The van der Waals surface area contributed by atoms with Crippen LogP contribution in [0.2, 0.25) is 0 Å². The van der Waals surface area contributed by atoms with Crippen molar-refractivity contribution in [3.05, 3.63) is 24.4 Å². The van der Waals surface area contributed by atoms with Crippen LogP contribution in [0.15, 0.2) is 24.4 Å². The molecule has 0 N–H and O–H groups in total. The monoisotopic (exact) mass is 128 g/mol. The Morgan fingerprint density at radius 1 is 1.00 bits per heavy atom. The van der Waals surface area contributed by atoms with Crippen LogP contribution < -0.4 is 0 Å². The molecule has 3 aromatic rings. The Bertz CT molecular complexity index is 460. The first-order valence-corrected chi connectivity index (χ1v) is 3.21. The molecular weight excluding hydrogens is 124 g/mol. The highest BCUT2D eigenvalue weighted by molar-refractivity contribution is 6.07. The van der Waals surface area contributed by atoms with Gasteiger partial charge in [-0.15, -0.1) is 0 Å². The first kappa shape index (κ1) is 4.39. The quantitative estimate of drug-likeness (QED) is 0.460. The molecule has 0 atom stereocenters. The second kappa shape index (κ2) is 1.19. The Labute approximate surface area is 57.2 Å². The first-order chi connectivity index (χ1) is 4.95. The molecule has 0 fully saturated rings. The SMILES string of the molecule is c1cc2ccc3nc3c2n1. The molecule has 0 spiro atoms. The Morgan fingerprint density at radius 3 is 3.00 bits per heavy atom. The Kier molecular flexibility index (Phi) is 0.520. The average molecular weight is 128 g/mol. The summed E-state index contributed by atoms with van der Waals surface area (Å²) in [5.41, 5.74) is 3.24. The highest BCUT2D eigenvalue weighted by Gasteiger charge is 2.09. The molecule has 0 aliphatic heterocycles. The van der Waals surface area contributed by atoms with Gasteiger partial charge in [0.1, 0.15) is 5.52 Å². The van der Waals surface area contributed by atoms with Crippen LogP contribution in [0.1, 0.15) is 0 Å². The predicted octanol–water partition coefficient (Wildman–Crippen LogP) is 1.66. The summed E-state index contributed by atoms with van der Waals surface area (Å²) in [6.07, 6.45) is 1.82. The van der Waals surface area contributed by atoms with E-state index < -0.39 is 0 Å². The molecule has 3 rings (SSSR count). The van der Waals surface area contributed by atoms with E-state index in [-0.39, 0.29) is 0 Å². The molecule has 46 valence electrons. The highest BCUT2D eigenvalue weighted by Crippen LogP contribution is 2.26. The molecule has 0 aliphatic carbocycles. The molecule has 1 aromatic carbocycles. The van der Waals surface area contributed by atoms with E-state index in [0.29, 0.717) is 0 Å². The van der Waals surface area contributed by atoms with Gasteiger partial charge in [0.05, 0.1) is 11.0 Å². The summed E-state index contributed by atoms with van der Waals surface area (Å²) in [6, 6.07) is 6.08. The molecular formula is C8H4N2. The standard InChI is InChI=1S/C8H4N2/c1-2-6-8(10-6)7-5(1)3-4-9-7/h1-4H. The van der Waals surface area contributed by atoms with Crippen molar-refractivity contribution in [2.75, 3.05) is 0 Å². The molecule has 2 heteroatoms. The second-order valence-electron chi connectivity index (χ2n) is 2.43. The average Bonchev–Trinajstić information content (AvgIpc) is 2.60. The van der Waals surface area contributed by atoms with Crippen LogP contribution >= 0.6 is 0 Å². The van der Waals surface area contributed by atoms with E-state index in [4.69, 9.17) is 0 Å². The lowest BCUT2D eigenvalue weighted by molar-refractivity contribution is 1.49. The van der Waals surface area contributed by atoms with Gasteiger partial charge in [-0.2, -0.15) is 0 Å². The van der Waals surface area contributed by atoms with Gasteiger partial charge in [-0.25, -0.2) is 4.98 Å². The molecule has 0 saturated carbocycles. The Hall–Kier alpha value is -1.44. The van der Waals surface area contributed by atoms with Crippen LogP contribution in [-0.2, 0) is 0 Å². The Morgan fingerprint density at radius 2 is 2.00 bits per heavy atom. The van der Waals surface area contributed by atoms with Gasteiger partial charge in [0.25, 0.3) is 0 Å². The van der Waals surface area contributed by atoms with Gasteiger partial charge in [-0.1, -0.05) is 6.07 Å². The maximum atomic E-state index is 4.18. The lowest BCUT2D eigenvalue weighted by Gasteiger charge is -1.77. The fourth-order valence-corrected chi connectivity index (χ4v) is 1.23. The van der Waals surface area contributed by atoms with Gasteiger partial charge >= 0.3 is 0 Å². The van der Waals surface area contributed by atoms with Crippen molar-refractivity contribution in [1.82, 2.24) is 9.97 Å². The number of nitrogens with zero attached hydrogens (tertiary/aromatic N) is 2. The summed E-state index contributed by atoms with van der Waals surface area (Å²) in [6.45, 7) is 0. The molecule has 0 saturated heterocycles. The third-order valence-corrected chi connectivity index (χ3v) is 1.80. The fourth-order valence-electron chi connectivity index (χ4n) is 1.23. The van der Waals surface area contributed by atoms with E-state index in [1.54, 1.807) is 0 Å². The van der Waals surface area contributed by atoms with E-state index in [1.807, 2.05) is 18.3 Å². The van der Waals surface area contributed by atoms with Crippen LogP contribution in [0, 0.1) is 0 Å². The Balaban J connectivity index is 2.74. The molecule has 2 nitrogen and oxygen atoms in total. The number of benzene rings is 1. The zero-order chi connectivity index (χ0) is 6.55. The zero-order valence-electron chi connectivity index (χ0n) is 5.20. The molecule has 0 amide bonds. The molecule has 0 radical (unpaired) electrons. The van der Waals surface area contributed by atoms with Gasteiger partial charge in [0, 0.05) is 11.6 Å².